The maximum absolute atomic E-state index is 12.1. The van der Waals surface area contributed by atoms with Crippen LogP contribution in [0, 0.1) is 0 Å². The molecule has 2 aromatic carbocycles. The quantitative estimate of drug-likeness (QED) is 0.607. The molecule has 8 heteroatoms. The molecule has 1 amide bonds. The van der Waals surface area contributed by atoms with Gasteiger partial charge in [-0.3, -0.25) is 4.79 Å². The third-order valence-electron chi connectivity index (χ3n) is 3.56. The van der Waals surface area contributed by atoms with Crippen molar-refractivity contribution >= 4 is 35.5 Å². The second-order valence-electron chi connectivity index (χ2n) is 5.49. The van der Waals surface area contributed by atoms with E-state index in [0.717, 1.165) is 0 Å². The second-order valence-corrected chi connectivity index (χ2v) is 5.90. The van der Waals surface area contributed by atoms with Crippen LogP contribution < -0.4 is 15.2 Å². The highest BCUT2D eigenvalue weighted by Crippen LogP contribution is 2.37. The van der Waals surface area contributed by atoms with Crippen LogP contribution in [-0.2, 0) is 14.3 Å². The van der Waals surface area contributed by atoms with E-state index in [4.69, 9.17) is 31.5 Å². The minimum atomic E-state index is -0.643. The number of esters is 1. The first-order valence-electron chi connectivity index (χ1n) is 7.84. The highest BCUT2D eigenvalue weighted by Gasteiger charge is 2.24. The van der Waals surface area contributed by atoms with Crippen molar-refractivity contribution < 1.29 is 23.8 Å². The number of benzene rings is 2. The average Bonchev–Trinajstić information content (AvgIpc) is 3.01. The van der Waals surface area contributed by atoms with E-state index in [1.54, 1.807) is 24.3 Å². The van der Waals surface area contributed by atoms with E-state index in [0.29, 0.717) is 11.1 Å². The van der Waals surface area contributed by atoms with Crippen molar-refractivity contribution in [1.29, 1.82) is 0 Å². The summed E-state index contributed by atoms with van der Waals surface area (Å²) in [5, 5.41) is 0.195. The van der Waals surface area contributed by atoms with Gasteiger partial charge in [0.25, 0.3) is 5.91 Å². The van der Waals surface area contributed by atoms with Crippen molar-refractivity contribution in [3.05, 3.63) is 64.3 Å². The molecule has 0 bridgehead atoms. The molecule has 0 spiro atoms. The Morgan fingerprint density at radius 3 is 2.70 bits per heavy atom. The number of cyclic esters (lactones) is 1. The number of halogens is 1. The maximum Gasteiger partial charge on any atom is 0.363 e. The van der Waals surface area contributed by atoms with E-state index >= 15 is 0 Å². The lowest BCUT2D eigenvalue weighted by molar-refractivity contribution is -0.130. The standard InChI is InChI=1S/C19H15ClN2O5/c1-25-15-9-11(7-13(20)17(15)26-10-16(21)23)8-14-19(24)27-18(22-14)12-5-3-2-4-6-12/h2-9H,10H2,1H3,(H2,21,23)/b14-8+. The van der Waals surface area contributed by atoms with E-state index < -0.39 is 11.9 Å². The van der Waals surface area contributed by atoms with Crippen LogP contribution in [-0.4, -0.2) is 31.5 Å². The van der Waals surface area contributed by atoms with Crippen molar-refractivity contribution in [3.8, 4) is 11.5 Å². The summed E-state index contributed by atoms with van der Waals surface area (Å²) in [5.74, 6) is -0.517. The Morgan fingerprint density at radius 2 is 2.04 bits per heavy atom. The third-order valence-corrected chi connectivity index (χ3v) is 3.84. The van der Waals surface area contributed by atoms with Gasteiger partial charge in [-0.2, -0.15) is 0 Å². The van der Waals surface area contributed by atoms with Crippen LogP contribution in [0.5, 0.6) is 11.5 Å². The van der Waals surface area contributed by atoms with Crippen LogP contribution in [0.15, 0.2) is 53.2 Å². The lowest BCUT2D eigenvalue weighted by Crippen LogP contribution is -2.20. The Morgan fingerprint density at radius 1 is 1.30 bits per heavy atom. The monoisotopic (exact) mass is 386 g/mol. The van der Waals surface area contributed by atoms with Crippen LogP contribution in [0.2, 0.25) is 5.02 Å². The molecule has 138 valence electrons. The number of carbonyl (C=O) groups is 2. The van der Waals surface area contributed by atoms with Crippen molar-refractivity contribution in [1.82, 2.24) is 0 Å². The molecule has 1 aliphatic rings. The molecule has 0 saturated heterocycles. The number of nitrogens with two attached hydrogens (primary N) is 1. The van der Waals surface area contributed by atoms with Gasteiger partial charge in [0.1, 0.15) is 0 Å². The lowest BCUT2D eigenvalue weighted by Gasteiger charge is -2.12. The van der Waals surface area contributed by atoms with E-state index in [1.165, 1.54) is 13.2 Å². The van der Waals surface area contributed by atoms with Crippen molar-refractivity contribution in [3.63, 3.8) is 0 Å². The first-order valence-corrected chi connectivity index (χ1v) is 8.22. The molecule has 0 saturated carbocycles. The number of hydrogen-bond acceptors (Lipinski definition) is 6. The smallest absolute Gasteiger partial charge is 0.363 e. The van der Waals surface area contributed by atoms with E-state index in [-0.39, 0.29) is 34.7 Å². The molecule has 0 aromatic heterocycles. The minimum Gasteiger partial charge on any atom is -0.493 e. The number of carbonyl (C=O) groups excluding carboxylic acids is 2. The van der Waals surface area contributed by atoms with E-state index in [1.807, 2.05) is 18.2 Å². The summed E-state index contributed by atoms with van der Waals surface area (Å²) in [6, 6.07) is 12.2. The van der Waals surface area contributed by atoms with Crippen LogP contribution in [0.3, 0.4) is 0 Å². The zero-order valence-corrected chi connectivity index (χ0v) is 15.0. The molecule has 27 heavy (non-hydrogen) atoms. The van der Waals surface area contributed by atoms with Gasteiger partial charge in [-0.15, -0.1) is 0 Å². The summed E-state index contributed by atoms with van der Waals surface area (Å²) in [6.07, 6.45) is 1.52. The van der Waals surface area contributed by atoms with Crippen molar-refractivity contribution in [2.45, 2.75) is 0 Å². The minimum absolute atomic E-state index is 0.123. The van der Waals surface area contributed by atoms with Gasteiger partial charge in [-0.25, -0.2) is 9.79 Å². The fourth-order valence-electron chi connectivity index (χ4n) is 2.38. The fraction of sp³-hybridized carbons (Fsp3) is 0.105. The summed E-state index contributed by atoms with van der Waals surface area (Å²) in [6.45, 7) is -0.340. The predicted octanol–water partition coefficient (Wildman–Crippen LogP) is 2.56. The molecule has 3 rings (SSSR count). The van der Waals surface area contributed by atoms with Crippen LogP contribution in [0.25, 0.3) is 6.08 Å². The summed E-state index contributed by atoms with van der Waals surface area (Å²) >= 11 is 6.20. The van der Waals surface area contributed by atoms with Gasteiger partial charge < -0.3 is 19.9 Å². The first kappa shape index (κ1) is 18.5. The maximum atomic E-state index is 12.1. The molecule has 1 aliphatic heterocycles. The molecular formula is C19H15ClN2O5. The molecule has 0 atom stereocenters. The highest BCUT2D eigenvalue weighted by molar-refractivity contribution is 6.32. The van der Waals surface area contributed by atoms with Gasteiger partial charge in [0.2, 0.25) is 5.90 Å². The first-order chi connectivity index (χ1) is 13.0. The van der Waals surface area contributed by atoms with Gasteiger partial charge in [0.05, 0.1) is 12.1 Å². The topological polar surface area (TPSA) is 100 Å². The average molecular weight is 387 g/mol. The van der Waals surface area contributed by atoms with Crippen LogP contribution in [0.4, 0.5) is 0 Å². The number of ether oxygens (including phenoxy) is 3. The Balaban J connectivity index is 1.92. The second kappa shape index (κ2) is 7.92. The SMILES string of the molecule is COc1cc(/C=C2/N=C(c3ccccc3)OC2=O)cc(Cl)c1OCC(N)=O. The number of aliphatic imine (C=N–C) groups is 1. The van der Waals surface area contributed by atoms with Gasteiger partial charge in [-0.05, 0) is 35.9 Å². The summed E-state index contributed by atoms with van der Waals surface area (Å²) < 4.78 is 15.7. The summed E-state index contributed by atoms with van der Waals surface area (Å²) in [7, 11) is 1.43. The largest absolute Gasteiger partial charge is 0.493 e. The molecule has 2 aromatic rings. The highest BCUT2D eigenvalue weighted by atomic mass is 35.5. The molecular weight excluding hydrogens is 372 g/mol. The molecule has 0 fully saturated rings. The van der Waals surface area contributed by atoms with E-state index in [9.17, 15) is 9.59 Å². The normalized spacial score (nSPS) is 14.7. The van der Waals surface area contributed by atoms with Gasteiger partial charge >= 0.3 is 5.97 Å². The Hall–Kier alpha value is -3.32. The van der Waals surface area contributed by atoms with Crippen molar-refractivity contribution in [2.75, 3.05) is 13.7 Å². The number of rotatable bonds is 6. The zero-order valence-electron chi connectivity index (χ0n) is 14.3. The number of hydrogen-bond donors (Lipinski definition) is 1. The fourth-order valence-corrected chi connectivity index (χ4v) is 2.65. The molecule has 1 heterocycles. The third kappa shape index (κ3) is 4.27. The Kier molecular flexibility index (Phi) is 5.42. The van der Waals surface area contributed by atoms with E-state index in [2.05, 4.69) is 4.99 Å². The van der Waals surface area contributed by atoms with Crippen LogP contribution >= 0.6 is 11.6 Å². The number of amides is 1. The molecule has 0 radical (unpaired) electrons. The number of nitrogens with zero attached hydrogens (tertiary/aromatic N) is 1. The molecule has 0 unspecified atom stereocenters. The van der Waals surface area contributed by atoms with Gasteiger partial charge in [0, 0.05) is 5.56 Å². The van der Waals surface area contributed by atoms with Gasteiger partial charge in [0.15, 0.2) is 23.8 Å². The molecule has 0 aliphatic carbocycles. The van der Waals surface area contributed by atoms with Crippen molar-refractivity contribution in [2.24, 2.45) is 10.7 Å². The number of primary amides is 1. The van der Waals surface area contributed by atoms with Crippen LogP contribution in [0.1, 0.15) is 11.1 Å². The summed E-state index contributed by atoms with van der Waals surface area (Å²) in [5.41, 5.74) is 6.44. The molecule has 7 nitrogen and oxygen atoms in total. The Labute approximate surface area is 160 Å². The lowest BCUT2D eigenvalue weighted by atomic mass is 10.1. The van der Waals surface area contributed by atoms with Gasteiger partial charge in [-0.1, -0.05) is 29.8 Å². The Bertz CT molecular complexity index is 954. The summed E-state index contributed by atoms with van der Waals surface area (Å²) in [4.78, 5) is 27.2. The molecule has 2 N–H and O–H groups in total. The predicted molar refractivity (Wildman–Crippen MR) is 99.7 cm³/mol. The zero-order chi connectivity index (χ0) is 19.4. The number of methoxy groups -OCH3 is 1.